The maximum Gasteiger partial charge on any atom is 0.214 e. The van der Waals surface area contributed by atoms with Gasteiger partial charge in [-0.15, -0.1) is 0 Å². The average Bonchev–Trinajstić information content (AvgIpc) is 2.25. The van der Waals surface area contributed by atoms with Crippen molar-refractivity contribution >= 4 is 27.2 Å². The highest BCUT2D eigenvalue weighted by Crippen LogP contribution is 2.12. The first-order valence-electron chi connectivity index (χ1n) is 3.78. The summed E-state index contributed by atoms with van der Waals surface area (Å²) in [6.45, 7) is 1.06. The van der Waals surface area contributed by atoms with Crippen LogP contribution in [0, 0.1) is 0 Å². The molecule has 1 aliphatic rings. The van der Waals surface area contributed by atoms with Crippen LogP contribution in [0.3, 0.4) is 0 Å². The van der Waals surface area contributed by atoms with E-state index >= 15 is 0 Å². The van der Waals surface area contributed by atoms with Crippen LogP contribution in [0.4, 0.5) is 0 Å². The van der Waals surface area contributed by atoms with Crippen LogP contribution in [0.2, 0.25) is 0 Å². The lowest BCUT2D eigenvalue weighted by atomic mass is 10.4. The predicted octanol–water partition coefficient (Wildman–Crippen LogP) is -0.302. The molecular weight excluding hydrogens is 196 g/mol. The topological polar surface area (TPSA) is 63.4 Å². The monoisotopic (exact) mass is 208 g/mol. The maximum atomic E-state index is 11.2. The van der Waals surface area contributed by atoms with Crippen LogP contribution >= 0.6 is 12.2 Å². The van der Waals surface area contributed by atoms with Crippen LogP contribution < -0.4 is 5.73 Å². The van der Waals surface area contributed by atoms with E-state index in [0.717, 1.165) is 6.42 Å². The van der Waals surface area contributed by atoms with Crippen LogP contribution in [0.15, 0.2) is 0 Å². The number of hydrogen-bond donors (Lipinski definition) is 1. The van der Waals surface area contributed by atoms with E-state index in [0.29, 0.717) is 24.5 Å². The smallest absolute Gasteiger partial charge is 0.214 e. The molecule has 2 N–H and O–H groups in total. The van der Waals surface area contributed by atoms with Crippen LogP contribution in [0.1, 0.15) is 12.8 Å². The van der Waals surface area contributed by atoms with E-state index in [4.69, 9.17) is 5.73 Å². The predicted molar refractivity (Wildman–Crippen MR) is 51.4 cm³/mol. The van der Waals surface area contributed by atoms with Gasteiger partial charge >= 0.3 is 0 Å². The van der Waals surface area contributed by atoms with E-state index < -0.39 is 10.0 Å². The van der Waals surface area contributed by atoms with Gasteiger partial charge < -0.3 is 5.73 Å². The fraction of sp³-hybridized carbons (Fsp3) is 0.833. The molecule has 6 heteroatoms. The van der Waals surface area contributed by atoms with E-state index in [9.17, 15) is 8.42 Å². The highest BCUT2D eigenvalue weighted by atomic mass is 32.2. The molecule has 0 aromatic rings. The van der Waals surface area contributed by atoms with Gasteiger partial charge in [0, 0.05) is 19.5 Å². The van der Waals surface area contributed by atoms with Crippen molar-refractivity contribution < 1.29 is 8.42 Å². The molecule has 0 unspecified atom stereocenters. The molecule has 0 spiro atoms. The summed E-state index contributed by atoms with van der Waals surface area (Å²) in [7, 11) is -2.96. The molecule has 1 rings (SSSR count). The number of rotatable bonds is 3. The Morgan fingerprint density at radius 1 is 1.58 bits per heavy atom. The van der Waals surface area contributed by atoms with E-state index in [1.807, 2.05) is 0 Å². The van der Waals surface area contributed by atoms with Gasteiger partial charge in [0.15, 0.2) is 0 Å². The highest BCUT2D eigenvalue weighted by Gasteiger charge is 2.27. The SMILES string of the molecule is NC(=S)CCN1CCCS1(=O)=O. The normalized spacial score (nSPS) is 22.7. The summed E-state index contributed by atoms with van der Waals surface area (Å²) in [5.74, 6) is 0.268. The fourth-order valence-corrected chi connectivity index (χ4v) is 2.80. The van der Waals surface area contributed by atoms with E-state index in [1.54, 1.807) is 0 Å². The molecule has 1 aliphatic heterocycles. The number of hydrogen-bond acceptors (Lipinski definition) is 3. The first kappa shape index (κ1) is 9.88. The Morgan fingerprint density at radius 3 is 2.67 bits per heavy atom. The fourth-order valence-electron chi connectivity index (χ4n) is 1.18. The summed E-state index contributed by atoms with van der Waals surface area (Å²) in [4.78, 5) is 0.372. The van der Waals surface area contributed by atoms with Crippen LogP contribution in [0.25, 0.3) is 0 Å². The maximum absolute atomic E-state index is 11.2. The molecule has 12 heavy (non-hydrogen) atoms. The van der Waals surface area contributed by atoms with Crippen molar-refractivity contribution in [1.82, 2.24) is 4.31 Å². The molecule has 0 aliphatic carbocycles. The Hall–Kier alpha value is -0.200. The summed E-state index contributed by atoms with van der Waals surface area (Å²) in [6.07, 6.45) is 1.20. The van der Waals surface area contributed by atoms with Gasteiger partial charge in [-0.05, 0) is 6.42 Å². The van der Waals surface area contributed by atoms with Gasteiger partial charge in [-0.25, -0.2) is 12.7 Å². The van der Waals surface area contributed by atoms with Crippen molar-refractivity contribution in [1.29, 1.82) is 0 Å². The first-order valence-corrected chi connectivity index (χ1v) is 5.80. The Bertz CT molecular complexity index is 273. The Labute approximate surface area is 77.8 Å². The van der Waals surface area contributed by atoms with Crippen LogP contribution in [-0.2, 0) is 10.0 Å². The molecule has 4 nitrogen and oxygen atoms in total. The molecular formula is C6H12N2O2S2. The minimum Gasteiger partial charge on any atom is -0.393 e. The molecule has 1 fully saturated rings. The lowest BCUT2D eigenvalue weighted by molar-refractivity contribution is 0.454. The summed E-state index contributed by atoms with van der Waals surface area (Å²) in [6, 6.07) is 0. The van der Waals surface area contributed by atoms with Crippen molar-refractivity contribution in [3.05, 3.63) is 0 Å². The zero-order valence-electron chi connectivity index (χ0n) is 6.69. The van der Waals surface area contributed by atoms with E-state index in [-0.39, 0.29) is 5.75 Å². The Morgan fingerprint density at radius 2 is 2.25 bits per heavy atom. The highest BCUT2D eigenvalue weighted by molar-refractivity contribution is 7.89. The third kappa shape index (κ3) is 2.40. The molecule has 1 saturated heterocycles. The molecule has 0 atom stereocenters. The van der Waals surface area contributed by atoms with Crippen molar-refractivity contribution in [3.8, 4) is 0 Å². The molecule has 0 aromatic heterocycles. The third-order valence-corrected chi connectivity index (χ3v) is 3.97. The Kier molecular flexibility index (Phi) is 3.03. The van der Waals surface area contributed by atoms with Gasteiger partial charge in [0.1, 0.15) is 0 Å². The van der Waals surface area contributed by atoms with Crippen molar-refractivity contribution in [2.24, 2.45) is 5.73 Å². The minimum absolute atomic E-state index is 0.268. The lowest BCUT2D eigenvalue weighted by Gasteiger charge is -2.12. The quantitative estimate of drug-likeness (QED) is 0.647. The van der Waals surface area contributed by atoms with Gasteiger partial charge in [0.05, 0.1) is 10.7 Å². The zero-order chi connectivity index (χ0) is 9.19. The minimum atomic E-state index is -2.96. The van der Waals surface area contributed by atoms with E-state index in [1.165, 1.54) is 4.31 Å². The van der Waals surface area contributed by atoms with Crippen molar-refractivity contribution in [3.63, 3.8) is 0 Å². The van der Waals surface area contributed by atoms with Gasteiger partial charge in [-0.3, -0.25) is 0 Å². The average molecular weight is 208 g/mol. The standard InChI is InChI=1S/C6H12N2O2S2/c7-6(11)2-4-8-3-1-5-12(8,9)10/h1-5H2,(H2,7,11). The largest absolute Gasteiger partial charge is 0.393 e. The molecule has 0 amide bonds. The Balaban J connectivity index is 2.48. The van der Waals surface area contributed by atoms with Crippen LogP contribution in [-0.4, -0.2) is 36.6 Å². The molecule has 0 saturated carbocycles. The molecule has 0 bridgehead atoms. The van der Waals surface area contributed by atoms with Gasteiger partial charge in [0.2, 0.25) is 10.0 Å². The number of sulfonamides is 1. The van der Waals surface area contributed by atoms with Crippen molar-refractivity contribution in [2.75, 3.05) is 18.8 Å². The number of thiocarbonyl (C=S) groups is 1. The summed E-state index contributed by atoms with van der Waals surface area (Å²) >= 11 is 4.66. The van der Waals surface area contributed by atoms with Gasteiger partial charge in [-0.1, -0.05) is 12.2 Å². The summed E-state index contributed by atoms with van der Waals surface area (Å²) in [5, 5.41) is 0. The lowest BCUT2D eigenvalue weighted by Crippen LogP contribution is -2.29. The molecule has 1 heterocycles. The summed E-state index contributed by atoms with van der Waals surface area (Å²) in [5.41, 5.74) is 5.27. The zero-order valence-corrected chi connectivity index (χ0v) is 8.33. The molecule has 0 aromatic carbocycles. The van der Waals surface area contributed by atoms with Crippen molar-refractivity contribution in [2.45, 2.75) is 12.8 Å². The molecule has 0 radical (unpaired) electrons. The number of nitrogens with two attached hydrogens (primary N) is 1. The molecule has 70 valence electrons. The van der Waals surface area contributed by atoms with E-state index in [2.05, 4.69) is 12.2 Å². The number of nitrogens with zero attached hydrogens (tertiary/aromatic N) is 1. The first-order chi connectivity index (χ1) is 5.52. The second-order valence-corrected chi connectivity index (χ2v) is 5.40. The second kappa shape index (κ2) is 3.68. The van der Waals surface area contributed by atoms with Gasteiger partial charge in [-0.2, -0.15) is 0 Å². The summed E-state index contributed by atoms with van der Waals surface area (Å²) < 4.78 is 23.9. The second-order valence-electron chi connectivity index (χ2n) is 2.78. The third-order valence-electron chi connectivity index (χ3n) is 1.81. The van der Waals surface area contributed by atoms with Gasteiger partial charge in [0.25, 0.3) is 0 Å². The van der Waals surface area contributed by atoms with Crippen LogP contribution in [0.5, 0.6) is 0 Å².